The molecule has 0 amide bonds. The zero-order chi connectivity index (χ0) is 17.7. The van der Waals surface area contributed by atoms with Crippen LogP contribution in [-0.2, 0) is 4.74 Å². The zero-order valence-electron chi connectivity index (χ0n) is 15.1. The summed E-state index contributed by atoms with van der Waals surface area (Å²) in [6.45, 7) is 9.69. The van der Waals surface area contributed by atoms with Gasteiger partial charge in [-0.25, -0.2) is 0 Å². The summed E-state index contributed by atoms with van der Waals surface area (Å²) in [5.41, 5.74) is 6.91. The van der Waals surface area contributed by atoms with Gasteiger partial charge in [-0.15, -0.1) is 0 Å². The van der Waals surface area contributed by atoms with Crippen molar-refractivity contribution in [1.82, 2.24) is 4.90 Å². The summed E-state index contributed by atoms with van der Waals surface area (Å²) < 4.78 is 16.9. The van der Waals surface area contributed by atoms with Crippen molar-refractivity contribution < 1.29 is 14.2 Å². The van der Waals surface area contributed by atoms with Crippen LogP contribution in [0.2, 0.25) is 0 Å². The van der Waals surface area contributed by atoms with E-state index in [1.54, 1.807) is 0 Å². The van der Waals surface area contributed by atoms with E-state index in [1.807, 2.05) is 18.2 Å². The molecule has 7 nitrogen and oxygen atoms in total. The maximum absolute atomic E-state index is 6.02. The fourth-order valence-electron chi connectivity index (χ4n) is 3.02. The molecular weight excluding hydrogens is 320 g/mol. The van der Waals surface area contributed by atoms with Gasteiger partial charge in [-0.2, -0.15) is 0 Å². The molecule has 0 unspecified atom stereocenters. The van der Waals surface area contributed by atoms with Crippen molar-refractivity contribution >= 4 is 11.6 Å². The molecule has 1 fully saturated rings. The highest BCUT2D eigenvalue weighted by Crippen LogP contribution is 2.32. The van der Waals surface area contributed by atoms with Gasteiger partial charge in [0.25, 0.3) is 0 Å². The molecule has 1 aromatic rings. The highest BCUT2D eigenvalue weighted by Gasteiger charge is 2.29. The van der Waals surface area contributed by atoms with Crippen LogP contribution in [0.1, 0.15) is 20.3 Å². The van der Waals surface area contributed by atoms with Crippen molar-refractivity contribution in [3.05, 3.63) is 18.2 Å². The summed E-state index contributed by atoms with van der Waals surface area (Å²) >= 11 is 0. The van der Waals surface area contributed by atoms with Crippen molar-refractivity contribution in [3.8, 4) is 11.5 Å². The number of ether oxygens (including phenoxy) is 3. The SMILES string of the molecule is CC1(C)COCCN1CCN=C(N)Nc1ccc2c(c1)OCCCO2. The van der Waals surface area contributed by atoms with Crippen LogP contribution in [0.3, 0.4) is 0 Å². The highest BCUT2D eigenvalue weighted by atomic mass is 16.5. The van der Waals surface area contributed by atoms with E-state index in [-0.39, 0.29) is 5.54 Å². The minimum absolute atomic E-state index is 0.0459. The number of nitrogens with two attached hydrogens (primary N) is 1. The van der Waals surface area contributed by atoms with E-state index in [1.165, 1.54) is 0 Å². The Morgan fingerprint density at radius 2 is 2.04 bits per heavy atom. The van der Waals surface area contributed by atoms with Crippen LogP contribution in [0.15, 0.2) is 23.2 Å². The molecule has 2 aliphatic heterocycles. The zero-order valence-corrected chi connectivity index (χ0v) is 15.1. The second-order valence-electron chi connectivity index (χ2n) is 6.96. The summed E-state index contributed by atoms with van der Waals surface area (Å²) in [6, 6.07) is 5.71. The second kappa shape index (κ2) is 7.93. The molecule has 1 saturated heterocycles. The Morgan fingerprint density at radius 1 is 1.24 bits per heavy atom. The molecule has 0 aliphatic carbocycles. The predicted octanol–water partition coefficient (Wildman–Crippen LogP) is 1.69. The standard InChI is InChI=1S/C18H28N4O3/c1-18(2)13-23-11-8-22(18)7-6-20-17(19)21-14-4-5-15-16(12-14)25-10-3-9-24-15/h4-5,12H,3,6-11,13H2,1-2H3,(H3,19,20,21). The molecule has 0 atom stereocenters. The van der Waals surface area contributed by atoms with Gasteiger partial charge in [-0.3, -0.25) is 9.89 Å². The number of hydrogen-bond donors (Lipinski definition) is 2. The maximum Gasteiger partial charge on any atom is 0.193 e. The van der Waals surface area contributed by atoms with Gasteiger partial charge in [0.2, 0.25) is 0 Å². The first kappa shape index (κ1) is 17.8. The van der Waals surface area contributed by atoms with Crippen LogP contribution < -0.4 is 20.5 Å². The summed E-state index contributed by atoms with van der Waals surface area (Å²) in [4.78, 5) is 6.83. The second-order valence-corrected chi connectivity index (χ2v) is 6.96. The normalized spacial score (nSPS) is 20.8. The Morgan fingerprint density at radius 3 is 2.84 bits per heavy atom. The van der Waals surface area contributed by atoms with Gasteiger partial charge in [-0.1, -0.05) is 0 Å². The smallest absolute Gasteiger partial charge is 0.193 e. The largest absolute Gasteiger partial charge is 0.490 e. The van der Waals surface area contributed by atoms with Gasteiger partial charge in [0, 0.05) is 36.8 Å². The molecule has 0 spiro atoms. The van der Waals surface area contributed by atoms with E-state index in [2.05, 4.69) is 29.1 Å². The third kappa shape index (κ3) is 4.76. The van der Waals surface area contributed by atoms with Crippen molar-refractivity contribution in [2.45, 2.75) is 25.8 Å². The molecule has 138 valence electrons. The Hall–Kier alpha value is -1.99. The van der Waals surface area contributed by atoms with Gasteiger partial charge in [0.1, 0.15) is 0 Å². The average Bonchev–Trinajstić information content (AvgIpc) is 2.81. The van der Waals surface area contributed by atoms with E-state index >= 15 is 0 Å². The average molecular weight is 348 g/mol. The van der Waals surface area contributed by atoms with Gasteiger partial charge in [0.15, 0.2) is 17.5 Å². The van der Waals surface area contributed by atoms with Crippen LogP contribution in [0.25, 0.3) is 0 Å². The lowest BCUT2D eigenvalue weighted by atomic mass is 10.0. The minimum Gasteiger partial charge on any atom is -0.490 e. The van der Waals surface area contributed by atoms with Gasteiger partial charge >= 0.3 is 0 Å². The quantitative estimate of drug-likeness (QED) is 0.636. The van der Waals surface area contributed by atoms with Crippen LogP contribution in [-0.4, -0.2) is 62.5 Å². The number of nitrogens with zero attached hydrogens (tertiary/aromatic N) is 2. The summed E-state index contributed by atoms with van der Waals surface area (Å²) in [5, 5.41) is 3.12. The van der Waals surface area contributed by atoms with Crippen molar-refractivity contribution in [1.29, 1.82) is 0 Å². The monoisotopic (exact) mass is 348 g/mol. The minimum atomic E-state index is 0.0459. The van der Waals surface area contributed by atoms with E-state index in [0.29, 0.717) is 25.7 Å². The molecule has 3 rings (SSSR count). The molecule has 2 aliphatic rings. The molecule has 2 heterocycles. The number of guanidine groups is 1. The van der Waals surface area contributed by atoms with Gasteiger partial charge in [-0.05, 0) is 26.0 Å². The van der Waals surface area contributed by atoms with Crippen LogP contribution in [0, 0.1) is 0 Å². The number of fused-ring (bicyclic) bond motifs is 1. The molecular formula is C18H28N4O3. The number of hydrogen-bond acceptors (Lipinski definition) is 5. The third-order valence-corrected chi connectivity index (χ3v) is 4.49. The molecule has 1 aromatic carbocycles. The summed E-state index contributed by atoms with van der Waals surface area (Å²) in [7, 11) is 0. The fourth-order valence-corrected chi connectivity index (χ4v) is 3.02. The van der Waals surface area contributed by atoms with E-state index in [0.717, 1.165) is 49.9 Å². The van der Waals surface area contributed by atoms with Gasteiger partial charge < -0.3 is 25.3 Å². The molecule has 3 N–H and O–H groups in total. The molecule has 7 heteroatoms. The topological polar surface area (TPSA) is 81.3 Å². The Labute approximate surface area is 149 Å². The summed E-state index contributed by atoms with van der Waals surface area (Å²) in [5.74, 6) is 1.92. The molecule has 0 radical (unpaired) electrons. The van der Waals surface area contributed by atoms with Crippen LogP contribution >= 0.6 is 0 Å². The number of morpholine rings is 1. The van der Waals surface area contributed by atoms with Crippen molar-refractivity contribution in [2.75, 3.05) is 51.4 Å². The van der Waals surface area contributed by atoms with Crippen LogP contribution in [0.4, 0.5) is 5.69 Å². The number of benzene rings is 1. The van der Waals surface area contributed by atoms with E-state index < -0.39 is 0 Å². The molecule has 0 bridgehead atoms. The van der Waals surface area contributed by atoms with Crippen LogP contribution in [0.5, 0.6) is 11.5 Å². The van der Waals surface area contributed by atoms with Gasteiger partial charge in [0.05, 0.1) is 33.0 Å². The maximum atomic E-state index is 6.02. The Kier molecular flexibility index (Phi) is 5.65. The number of anilines is 1. The Bertz CT molecular complexity index is 618. The predicted molar refractivity (Wildman–Crippen MR) is 98.6 cm³/mol. The first-order valence-corrected chi connectivity index (χ1v) is 8.84. The first-order valence-electron chi connectivity index (χ1n) is 8.84. The number of rotatable bonds is 4. The van der Waals surface area contributed by atoms with Crippen molar-refractivity contribution in [3.63, 3.8) is 0 Å². The lowest BCUT2D eigenvalue weighted by Gasteiger charge is -2.41. The third-order valence-electron chi connectivity index (χ3n) is 4.49. The highest BCUT2D eigenvalue weighted by molar-refractivity contribution is 5.92. The molecule has 0 saturated carbocycles. The number of nitrogens with one attached hydrogen (secondary N) is 1. The molecule has 25 heavy (non-hydrogen) atoms. The Balaban J connectivity index is 1.54. The van der Waals surface area contributed by atoms with E-state index in [4.69, 9.17) is 19.9 Å². The summed E-state index contributed by atoms with van der Waals surface area (Å²) in [6.07, 6.45) is 0.888. The fraction of sp³-hybridized carbons (Fsp3) is 0.611. The lowest BCUT2D eigenvalue weighted by molar-refractivity contribution is -0.0491. The van der Waals surface area contributed by atoms with E-state index in [9.17, 15) is 0 Å². The lowest BCUT2D eigenvalue weighted by Crippen LogP contribution is -2.53. The first-order chi connectivity index (χ1) is 12.0. The van der Waals surface area contributed by atoms with Crippen molar-refractivity contribution in [2.24, 2.45) is 10.7 Å². The molecule has 0 aromatic heterocycles. The number of aliphatic imine (C=N–C) groups is 1.